The number of hydrogen-bond donors (Lipinski definition) is 3. The number of aromatic amines is 1. The number of amides is 1. The number of rotatable bonds is 7. The number of carbonyl (C=O) groups excluding carboxylic acids is 1. The van der Waals surface area contributed by atoms with Gasteiger partial charge in [-0.2, -0.15) is 0 Å². The molecule has 0 aliphatic carbocycles. The predicted octanol–water partition coefficient (Wildman–Crippen LogP) is 1.87. The molecule has 0 spiro atoms. The second-order valence-electron chi connectivity index (χ2n) is 5.35. The van der Waals surface area contributed by atoms with E-state index < -0.39 is 17.9 Å². The van der Waals surface area contributed by atoms with Crippen LogP contribution in [0.5, 0.6) is 0 Å². The van der Waals surface area contributed by atoms with Crippen LogP contribution < -0.4 is 10.9 Å². The fraction of sp³-hybridized carbons (Fsp3) is 0.533. The quantitative estimate of drug-likeness (QED) is 0.714. The maximum atomic E-state index is 12.1. The van der Waals surface area contributed by atoms with Gasteiger partial charge >= 0.3 is 5.97 Å². The summed E-state index contributed by atoms with van der Waals surface area (Å²) in [5, 5.41) is 11.6. The van der Waals surface area contributed by atoms with Crippen molar-refractivity contribution in [2.75, 3.05) is 0 Å². The monoisotopic (exact) mass is 294 g/mol. The molecule has 1 aromatic rings. The minimum absolute atomic E-state index is 0.0702. The van der Waals surface area contributed by atoms with Gasteiger partial charge in [-0.25, -0.2) is 4.79 Å². The lowest BCUT2D eigenvalue weighted by Gasteiger charge is -2.14. The van der Waals surface area contributed by atoms with Crippen molar-refractivity contribution in [3.05, 3.63) is 33.7 Å². The van der Waals surface area contributed by atoms with E-state index in [-0.39, 0.29) is 17.0 Å². The molecule has 0 bridgehead atoms. The third kappa shape index (κ3) is 5.06. The van der Waals surface area contributed by atoms with Crippen LogP contribution in [-0.4, -0.2) is 28.0 Å². The van der Waals surface area contributed by atoms with Gasteiger partial charge in [-0.05, 0) is 18.4 Å². The van der Waals surface area contributed by atoms with E-state index in [2.05, 4.69) is 10.3 Å². The Balaban J connectivity index is 2.92. The largest absolute Gasteiger partial charge is 0.480 e. The van der Waals surface area contributed by atoms with Crippen molar-refractivity contribution in [1.29, 1.82) is 0 Å². The molecule has 0 radical (unpaired) electrons. The number of H-pyrrole nitrogens is 1. The van der Waals surface area contributed by atoms with Gasteiger partial charge in [0.25, 0.3) is 5.91 Å². The molecule has 6 heteroatoms. The molecule has 21 heavy (non-hydrogen) atoms. The van der Waals surface area contributed by atoms with Gasteiger partial charge in [0.05, 0.1) is 0 Å². The fourth-order valence-electron chi connectivity index (χ4n) is 1.91. The Morgan fingerprint density at radius 2 is 2.00 bits per heavy atom. The summed E-state index contributed by atoms with van der Waals surface area (Å²) in [5.74, 6) is -1.53. The minimum atomic E-state index is -1.06. The fourth-order valence-corrected chi connectivity index (χ4v) is 1.91. The Morgan fingerprint density at radius 1 is 1.33 bits per heavy atom. The molecule has 1 atom stereocenters. The van der Waals surface area contributed by atoms with Crippen molar-refractivity contribution in [2.24, 2.45) is 0 Å². The van der Waals surface area contributed by atoms with Crippen molar-refractivity contribution >= 4 is 11.9 Å². The van der Waals surface area contributed by atoms with Gasteiger partial charge in [0.1, 0.15) is 6.04 Å². The highest BCUT2D eigenvalue weighted by Crippen LogP contribution is 2.11. The Morgan fingerprint density at radius 3 is 2.52 bits per heavy atom. The molecule has 1 heterocycles. The number of nitrogens with one attached hydrogen (secondary N) is 2. The first-order chi connectivity index (χ1) is 9.85. The number of carboxylic acid groups (broad SMARTS) is 1. The van der Waals surface area contributed by atoms with Crippen molar-refractivity contribution in [2.45, 2.75) is 52.0 Å². The van der Waals surface area contributed by atoms with Crippen molar-refractivity contribution in [3.8, 4) is 0 Å². The van der Waals surface area contributed by atoms with Crippen LogP contribution in [0.15, 0.2) is 16.9 Å². The van der Waals surface area contributed by atoms with Gasteiger partial charge in [-0.3, -0.25) is 9.59 Å². The standard InChI is InChI=1S/C15H22N2O4/c1-4-5-6-11(15(20)21)17-14(19)10-7-12(9(2)3)16-13(18)8-10/h7-9,11H,4-6H2,1-3H3,(H,16,18)(H,17,19)(H,20,21)/t11-/m0/s1. The molecule has 0 aliphatic rings. The molecule has 1 amide bonds. The van der Waals surface area contributed by atoms with Gasteiger partial charge in [-0.15, -0.1) is 0 Å². The highest BCUT2D eigenvalue weighted by atomic mass is 16.4. The highest BCUT2D eigenvalue weighted by molar-refractivity contribution is 5.96. The first-order valence-electron chi connectivity index (χ1n) is 7.13. The second kappa shape index (κ2) is 7.61. The molecule has 0 saturated carbocycles. The predicted molar refractivity (Wildman–Crippen MR) is 79.6 cm³/mol. The van der Waals surface area contributed by atoms with Gasteiger partial charge in [0.15, 0.2) is 0 Å². The van der Waals surface area contributed by atoms with E-state index >= 15 is 0 Å². The molecule has 1 aromatic heterocycles. The lowest BCUT2D eigenvalue weighted by atomic mass is 10.1. The summed E-state index contributed by atoms with van der Waals surface area (Å²) in [6.45, 7) is 5.74. The van der Waals surface area contributed by atoms with Crippen molar-refractivity contribution < 1.29 is 14.7 Å². The Labute approximate surface area is 123 Å². The minimum Gasteiger partial charge on any atom is -0.480 e. The molecular formula is C15H22N2O4. The Kier molecular flexibility index (Phi) is 6.14. The molecule has 1 rings (SSSR count). The number of aliphatic carboxylic acids is 1. The molecule has 0 saturated heterocycles. The molecule has 0 aromatic carbocycles. The average molecular weight is 294 g/mol. The zero-order valence-electron chi connectivity index (χ0n) is 12.6. The summed E-state index contributed by atoms with van der Waals surface area (Å²) in [6, 6.07) is 1.83. The van der Waals surface area contributed by atoms with E-state index in [0.29, 0.717) is 18.5 Å². The summed E-state index contributed by atoms with van der Waals surface area (Å²) in [6.07, 6.45) is 1.93. The van der Waals surface area contributed by atoms with Gasteiger partial charge in [0.2, 0.25) is 5.56 Å². The molecule has 0 unspecified atom stereocenters. The topological polar surface area (TPSA) is 99.3 Å². The van der Waals surface area contributed by atoms with E-state index in [1.165, 1.54) is 6.07 Å². The van der Waals surface area contributed by atoms with Crippen LogP contribution >= 0.6 is 0 Å². The SMILES string of the molecule is CCCC[C@H](NC(=O)c1cc(C(C)C)[nH]c(=O)c1)C(=O)O. The molecular weight excluding hydrogens is 272 g/mol. The van der Waals surface area contributed by atoms with Gasteiger partial charge in [0, 0.05) is 17.3 Å². The maximum absolute atomic E-state index is 12.1. The second-order valence-corrected chi connectivity index (χ2v) is 5.35. The first kappa shape index (κ1) is 16.9. The number of pyridine rings is 1. The van der Waals surface area contributed by atoms with E-state index in [1.54, 1.807) is 6.07 Å². The summed E-state index contributed by atoms with van der Waals surface area (Å²) < 4.78 is 0. The van der Waals surface area contributed by atoms with Crippen LogP contribution in [0.4, 0.5) is 0 Å². The number of hydrogen-bond acceptors (Lipinski definition) is 3. The normalized spacial score (nSPS) is 12.2. The van der Waals surface area contributed by atoms with Crippen molar-refractivity contribution in [3.63, 3.8) is 0 Å². The summed E-state index contributed by atoms with van der Waals surface area (Å²) in [7, 11) is 0. The third-order valence-corrected chi connectivity index (χ3v) is 3.20. The zero-order chi connectivity index (χ0) is 16.0. The van der Waals surface area contributed by atoms with Crippen LogP contribution in [0.3, 0.4) is 0 Å². The molecule has 116 valence electrons. The zero-order valence-corrected chi connectivity index (χ0v) is 12.6. The van der Waals surface area contributed by atoms with Crippen LogP contribution in [0.2, 0.25) is 0 Å². The van der Waals surface area contributed by atoms with E-state index in [9.17, 15) is 14.4 Å². The number of carboxylic acids is 1. The van der Waals surface area contributed by atoms with Gasteiger partial charge < -0.3 is 15.4 Å². The molecule has 3 N–H and O–H groups in total. The number of unbranched alkanes of at least 4 members (excludes halogenated alkanes) is 1. The average Bonchev–Trinajstić information content (AvgIpc) is 2.42. The van der Waals surface area contributed by atoms with Crippen LogP contribution in [0.1, 0.15) is 62.0 Å². The van der Waals surface area contributed by atoms with Crippen LogP contribution in [0, 0.1) is 0 Å². The Hall–Kier alpha value is -2.11. The number of carbonyl (C=O) groups is 2. The third-order valence-electron chi connectivity index (χ3n) is 3.20. The van der Waals surface area contributed by atoms with Crippen LogP contribution in [-0.2, 0) is 4.79 Å². The summed E-state index contributed by atoms with van der Waals surface area (Å²) in [5.41, 5.74) is 0.463. The lowest BCUT2D eigenvalue weighted by molar-refractivity contribution is -0.139. The van der Waals surface area contributed by atoms with E-state index in [4.69, 9.17) is 5.11 Å². The highest BCUT2D eigenvalue weighted by Gasteiger charge is 2.20. The molecule has 6 nitrogen and oxygen atoms in total. The molecule has 0 aliphatic heterocycles. The maximum Gasteiger partial charge on any atom is 0.326 e. The number of aromatic nitrogens is 1. The van der Waals surface area contributed by atoms with Crippen molar-refractivity contribution in [1.82, 2.24) is 10.3 Å². The first-order valence-corrected chi connectivity index (χ1v) is 7.13. The van der Waals surface area contributed by atoms with E-state index in [0.717, 1.165) is 6.42 Å². The van der Waals surface area contributed by atoms with Gasteiger partial charge in [-0.1, -0.05) is 33.6 Å². The van der Waals surface area contributed by atoms with Crippen LogP contribution in [0.25, 0.3) is 0 Å². The summed E-state index contributed by atoms with van der Waals surface area (Å²) in [4.78, 5) is 37.5. The smallest absolute Gasteiger partial charge is 0.326 e. The Bertz CT molecular complexity index is 563. The molecule has 0 fully saturated rings. The summed E-state index contributed by atoms with van der Waals surface area (Å²) >= 11 is 0. The lowest BCUT2D eigenvalue weighted by Crippen LogP contribution is -2.41. The van der Waals surface area contributed by atoms with E-state index in [1.807, 2.05) is 20.8 Å².